The van der Waals surface area contributed by atoms with Crippen LogP contribution in [0, 0.1) is 0 Å². The summed E-state index contributed by atoms with van der Waals surface area (Å²) in [4.78, 5) is 15.5. The molecule has 0 aliphatic carbocycles. The number of nitrogens with zero attached hydrogens (tertiary/aromatic N) is 1. The first-order chi connectivity index (χ1) is 8.76. The Kier molecular flexibility index (Phi) is 2.73. The van der Waals surface area contributed by atoms with Crippen LogP contribution in [0.5, 0.6) is 5.75 Å². The highest BCUT2D eigenvalue weighted by Gasteiger charge is 2.16. The number of aliphatic hydroxyl groups excluding tert-OH is 1. The van der Waals surface area contributed by atoms with Gasteiger partial charge in [0, 0.05) is 10.9 Å². The van der Waals surface area contributed by atoms with Crippen molar-refractivity contribution in [1.29, 1.82) is 0 Å². The Labute approximate surface area is 107 Å². The lowest BCUT2D eigenvalue weighted by Gasteiger charge is -2.18. The smallest absolute Gasteiger partial charge is 0.262 e. The van der Waals surface area contributed by atoms with Crippen LogP contribution in [0.2, 0.25) is 0 Å². The molecule has 92 valence electrons. The van der Waals surface area contributed by atoms with Crippen LogP contribution in [0.4, 0.5) is 5.69 Å². The van der Waals surface area contributed by atoms with Crippen LogP contribution in [0.25, 0.3) is 11.3 Å². The molecule has 0 saturated carbocycles. The van der Waals surface area contributed by atoms with Crippen LogP contribution in [-0.2, 0) is 11.4 Å². The van der Waals surface area contributed by atoms with E-state index in [0.717, 1.165) is 11.3 Å². The van der Waals surface area contributed by atoms with Gasteiger partial charge < -0.3 is 15.2 Å². The number of thiazole rings is 1. The highest BCUT2D eigenvalue weighted by molar-refractivity contribution is 7.09. The molecule has 1 aliphatic rings. The summed E-state index contributed by atoms with van der Waals surface area (Å²) in [5.74, 6) is 0.505. The van der Waals surface area contributed by atoms with Crippen molar-refractivity contribution in [3.05, 3.63) is 28.6 Å². The van der Waals surface area contributed by atoms with Crippen molar-refractivity contribution >= 4 is 22.9 Å². The molecule has 0 saturated heterocycles. The van der Waals surface area contributed by atoms with Gasteiger partial charge in [-0.05, 0) is 18.2 Å². The van der Waals surface area contributed by atoms with Crippen LogP contribution in [0.3, 0.4) is 0 Å². The Hall–Kier alpha value is -1.92. The fraction of sp³-hybridized carbons (Fsp3) is 0.167. The highest BCUT2D eigenvalue weighted by Crippen LogP contribution is 2.32. The van der Waals surface area contributed by atoms with E-state index < -0.39 is 0 Å². The summed E-state index contributed by atoms with van der Waals surface area (Å²) < 4.78 is 5.28. The number of carbonyl (C=O) groups is 1. The monoisotopic (exact) mass is 262 g/mol. The topological polar surface area (TPSA) is 71.5 Å². The van der Waals surface area contributed by atoms with Gasteiger partial charge >= 0.3 is 0 Å². The predicted molar refractivity (Wildman–Crippen MR) is 67.6 cm³/mol. The minimum atomic E-state index is -0.158. The Bertz CT molecular complexity index is 609. The second-order valence-corrected chi connectivity index (χ2v) is 4.78. The van der Waals surface area contributed by atoms with Crippen molar-refractivity contribution in [3.8, 4) is 17.0 Å². The molecule has 2 heterocycles. The fourth-order valence-corrected chi connectivity index (χ4v) is 2.42. The molecule has 5 nitrogen and oxygen atoms in total. The zero-order valence-corrected chi connectivity index (χ0v) is 10.2. The number of rotatable bonds is 2. The maximum atomic E-state index is 11.2. The number of amides is 1. The van der Waals surface area contributed by atoms with Gasteiger partial charge in [0.05, 0.1) is 18.0 Å². The van der Waals surface area contributed by atoms with Crippen LogP contribution < -0.4 is 10.1 Å². The number of carbonyl (C=O) groups excluding carboxylic acids is 1. The largest absolute Gasteiger partial charge is 0.482 e. The molecule has 2 N–H and O–H groups in total. The molecule has 0 spiro atoms. The molecule has 0 atom stereocenters. The maximum absolute atomic E-state index is 11.2. The van der Waals surface area contributed by atoms with E-state index in [2.05, 4.69) is 10.3 Å². The number of benzene rings is 1. The molecule has 0 radical (unpaired) electrons. The third-order valence-electron chi connectivity index (χ3n) is 2.60. The molecular weight excluding hydrogens is 252 g/mol. The molecule has 18 heavy (non-hydrogen) atoms. The number of hydrogen-bond acceptors (Lipinski definition) is 5. The first-order valence-corrected chi connectivity index (χ1v) is 6.26. The first-order valence-electron chi connectivity index (χ1n) is 5.38. The molecule has 1 aromatic carbocycles. The van der Waals surface area contributed by atoms with Crippen molar-refractivity contribution < 1.29 is 14.6 Å². The van der Waals surface area contributed by atoms with Crippen LogP contribution in [0.1, 0.15) is 5.01 Å². The Morgan fingerprint density at radius 1 is 1.50 bits per heavy atom. The maximum Gasteiger partial charge on any atom is 0.262 e. The standard InChI is InChI=1S/C12H10N2O3S/c15-4-12-14-9(6-18-12)7-1-2-10-8(3-7)13-11(16)5-17-10/h1-3,6,15H,4-5H2,(H,13,16). The van der Waals surface area contributed by atoms with Crippen molar-refractivity contribution in [2.75, 3.05) is 11.9 Å². The summed E-state index contributed by atoms with van der Waals surface area (Å²) >= 11 is 1.40. The van der Waals surface area contributed by atoms with E-state index in [-0.39, 0.29) is 19.1 Å². The van der Waals surface area contributed by atoms with Gasteiger partial charge in [-0.25, -0.2) is 4.98 Å². The molecular formula is C12H10N2O3S. The highest BCUT2D eigenvalue weighted by atomic mass is 32.1. The minimum Gasteiger partial charge on any atom is -0.482 e. The SMILES string of the molecule is O=C1COc2ccc(-c3csc(CO)n3)cc2N1. The summed E-state index contributed by atoms with van der Waals surface area (Å²) in [5, 5.41) is 14.3. The second-order valence-electron chi connectivity index (χ2n) is 3.83. The zero-order chi connectivity index (χ0) is 12.5. The molecule has 0 fully saturated rings. The van der Waals surface area contributed by atoms with Crippen LogP contribution in [-0.4, -0.2) is 22.6 Å². The number of fused-ring (bicyclic) bond motifs is 1. The summed E-state index contributed by atoms with van der Waals surface area (Å²) in [6, 6.07) is 5.51. The second kappa shape index (κ2) is 4.40. The third-order valence-corrected chi connectivity index (χ3v) is 3.43. The average molecular weight is 262 g/mol. The normalized spacial score (nSPS) is 13.7. The number of aliphatic hydroxyl groups is 1. The number of anilines is 1. The van der Waals surface area contributed by atoms with Crippen molar-refractivity contribution in [2.24, 2.45) is 0 Å². The van der Waals surface area contributed by atoms with E-state index in [1.54, 1.807) is 0 Å². The first kappa shape index (κ1) is 11.2. The van der Waals surface area contributed by atoms with Gasteiger partial charge in [-0.15, -0.1) is 11.3 Å². The van der Waals surface area contributed by atoms with E-state index in [1.807, 2.05) is 23.6 Å². The molecule has 1 aromatic heterocycles. The van der Waals surface area contributed by atoms with Crippen LogP contribution >= 0.6 is 11.3 Å². The summed E-state index contributed by atoms with van der Waals surface area (Å²) in [6.07, 6.45) is 0. The zero-order valence-electron chi connectivity index (χ0n) is 9.34. The molecule has 0 unspecified atom stereocenters. The van der Waals surface area contributed by atoms with E-state index in [1.165, 1.54) is 11.3 Å². The number of nitrogens with one attached hydrogen (secondary N) is 1. The lowest BCUT2D eigenvalue weighted by molar-refractivity contribution is -0.118. The van der Waals surface area contributed by atoms with Crippen LogP contribution in [0.15, 0.2) is 23.6 Å². The van der Waals surface area contributed by atoms with E-state index in [0.29, 0.717) is 16.4 Å². The van der Waals surface area contributed by atoms with Gasteiger partial charge in [0.15, 0.2) is 6.61 Å². The number of aromatic nitrogens is 1. The van der Waals surface area contributed by atoms with Gasteiger partial charge in [-0.2, -0.15) is 0 Å². The summed E-state index contributed by atoms with van der Waals surface area (Å²) in [7, 11) is 0. The lowest BCUT2D eigenvalue weighted by atomic mass is 10.1. The van der Waals surface area contributed by atoms with Gasteiger partial charge in [0.1, 0.15) is 10.8 Å². The van der Waals surface area contributed by atoms with Crippen molar-refractivity contribution in [2.45, 2.75) is 6.61 Å². The van der Waals surface area contributed by atoms with E-state index in [4.69, 9.17) is 9.84 Å². The molecule has 2 aromatic rings. The Morgan fingerprint density at radius 3 is 3.17 bits per heavy atom. The number of hydrogen-bond donors (Lipinski definition) is 2. The number of ether oxygens (including phenoxy) is 1. The van der Waals surface area contributed by atoms with Gasteiger partial charge in [-0.3, -0.25) is 4.79 Å². The van der Waals surface area contributed by atoms with Crippen molar-refractivity contribution in [1.82, 2.24) is 4.98 Å². The third kappa shape index (κ3) is 1.96. The van der Waals surface area contributed by atoms with Gasteiger partial charge in [-0.1, -0.05) is 0 Å². The molecule has 1 amide bonds. The Morgan fingerprint density at radius 2 is 2.39 bits per heavy atom. The molecule has 6 heteroatoms. The summed E-state index contributed by atoms with van der Waals surface area (Å²) in [5.41, 5.74) is 2.32. The van der Waals surface area contributed by atoms with Gasteiger partial charge in [0.25, 0.3) is 5.91 Å². The quantitative estimate of drug-likeness (QED) is 0.863. The van der Waals surface area contributed by atoms with E-state index >= 15 is 0 Å². The summed E-state index contributed by atoms with van der Waals surface area (Å²) in [6.45, 7) is -0.00678. The average Bonchev–Trinajstić information content (AvgIpc) is 2.86. The fourth-order valence-electron chi connectivity index (χ4n) is 1.76. The van der Waals surface area contributed by atoms with E-state index in [9.17, 15) is 4.79 Å². The minimum absolute atomic E-state index is 0.0533. The van der Waals surface area contributed by atoms with Gasteiger partial charge in [0.2, 0.25) is 0 Å². The molecule has 1 aliphatic heterocycles. The molecule has 0 bridgehead atoms. The predicted octanol–water partition coefficient (Wildman–Crippen LogP) is 1.63. The molecule has 3 rings (SSSR count). The lowest BCUT2D eigenvalue weighted by Crippen LogP contribution is -2.25. The Balaban J connectivity index is 1.98. The van der Waals surface area contributed by atoms with Crippen molar-refractivity contribution in [3.63, 3.8) is 0 Å².